The number of rotatable bonds is 8. The van der Waals surface area contributed by atoms with E-state index in [9.17, 15) is 17.8 Å². The molecule has 0 radical (unpaired) electrons. The second-order valence-electron chi connectivity index (χ2n) is 5.31. The predicted molar refractivity (Wildman–Crippen MR) is 77.5 cm³/mol. The van der Waals surface area contributed by atoms with E-state index in [1.165, 1.54) is 12.1 Å². The van der Waals surface area contributed by atoms with Crippen molar-refractivity contribution >= 4 is 17.3 Å². The minimum absolute atomic E-state index is 0.0325. The smallest absolute Gasteiger partial charge is 0.387 e. The summed E-state index contributed by atoms with van der Waals surface area (Å²) >= 11 is 0. The van der Waals surface area contributed by atoms with Gasteiger partial charge in [-0.25, -0.2) is 4.21 Å². The summed E-state index contributed by atoms with van der Waals surface area (Å²) in [4.78, 5) is 10.8. The fraction of sp³-hybridized carbons (Fsp3) is 0.500. The highest BCUT2D eigenvalue weighted by Gasteiger charge is 2.28. The van der Waals surface area contributed by atoms with E-state index in [-0.39, 0.29) is 18.1 Å². The molecule has 0 aromatic heterocycles. The molecule has 0 aliphatic heterocycles. The van der Waals surface area contributed by atoms with E-state index in [4.69, 9.17) is 5.14 Å². The van der Waals surface area contributed by atoms with Crippen LogP contribution in [0, 0.1) is 0 Å². The van der Waals surface area contributed by atoms with Gasteiger partial charge in [0.2, 0.25) is 0 Å². The first kappa shape index (κ1) is 17.7. The molecule has 21 heavy (non-hydrogen) atoms. The number of halogens is 2. The lowest BCUT2D eigenvalue weighted by Crippen LogP contribution is -2.33. The van der Waals surface area contributed by atoms with E-state index in [1.54, 1.807) is 26.0 Å². The van der Waals surface area contributed by atoms with Gasteiger partial charge in [-0.15, -0.1) is 0 Å². The number of alkyl halides is 2. The number of aldehydes is 1. The lowest BCUT2D eigenvalue weighted by molar-refractivity contribution is -0.108. The second kappa shape index (κ2) is 7.61. The zero-order valence-corrected chi connectivity index (χ0v) is 12.7. The summed E-state index contributed by atoms with van der Waals surface area (Å²) in [5.41, 5.74) is 0.679. The summed E-state index contributed by atoms with van der Waals surface area (Å²) in [6.45, 7) is 0.568. The van der Waals surface area contributed by atoms with Crippen LogP contribution in [0.4, 0.5) is 8.78 Å². The highest BCUT2D eigenvalue weighted by atomic mass is 32.2. The molecule has 0 spiro atoms. The van der Waals surface area contributed by atoms with Crippen molar-refractivity contribution in [2.75, 3.05) is 0 Å². The van der Waals surface area contributed by atoms with Gasteiger partial charge in [-0.1, -0.05) is 12.1 Å². The average molecular weight is 319 g/mol. The first-order valence-corrected chi connectivity index (χ1v) is 7.62. The molecule has 0 fully saturated rings. The Morgan fingerprint density at radius 1 is 1.43 bits per heavy atom. The van der Waals surface area contributed by atoms with Gasteiger partial charge in [-0.05, 0) is 43.9 Å². The van der Waals surface area contributed by atoms with E-state index in [0.29, 0.717) is 12.0 Å². The van der Waals surface area contributed by atoms with Crippen LogP contribution in [0.15, 0.2) is 24.3 Å². The van der Waals surface area contributed by atoms with Gasteiger partial charge in [0.1, 0.15) is 12.0 Å². The molecule has 1 aromatic carbocycles. The normalized spacial score (nSPS) is 14.8. The SMILES string of the molecule is CC(C)(C[C@H](CC=O)c1cccc(OC(F)F)c1)S(N)=O. The number of ether oxygens (including phenoxy) is 1. The van der Waals surface area contributed by atoms with Gasteiger partial charge in [-0.3, -0.25) is 5.14 Å². The first-order chi connectivity index (χ1) is 9.76. The molecule has 0 heterocycles. The van der Waals surface area contributed by atoms with E-state index in [0.717, 1.165) is 6.29 Å². The van der Waals surface area contributed by atoms with Crippen molar-refractivity contribution < 1.29 is 22.5 Å². The van der Waals surface area contributed by atoms with Crippen molar-refractivity contribution in [3.05, 3.63) is 29.8 Å². The van der Waals surface area contributed by atoms with Crippen molar-refractivity contribution in [3.8, 4) is 5.75 Å². The predicted octanol–water partition coefficient (Wildman–Crippen LogP) is 2.75. The van der Waals surface area contributed by atoms with Crippen LogP contribution in [0.3, 0.4) is 0 Å². The third-order valence-corrected chi connectivity index (χ3v) is 4.47. The van der Waals surface area contributed by atoms with Crippen LogP contribution in [0.2, 0.25) is 0 Å². The highest BCUT2D eigenvalue weighted by Crippen LogP contribution is 2.32. The molecular weight excluding hydrogens is 300 g/mol. The number of hydrogen-bond donors (Lipinski definition) is 1. The second-order valence-corrected chi connectivity index (χ2v) is 7.01. The Morgan fingerprint density at radius 2 is 2.10 bits per heavy atom. The van der Waals surface area contributed by atoms with Crippen molar-refractivity contribution in [2.45, 2.75) is 44.0 Å². The monoisotopic (exact) mass is 319 g/mol. The van der Waals surface area contributed by atoms with E-state index in [2.05, 4.69) is 4.74 Å². The molecule has 0 saturated carbocycles. The quantitative estimate of drug-likeness (QED) is 0.749. The van der Waals surface area contributed by atoms with Crippen LogP contribution in [0.1, 0.15) is 38.2 Å². The van der Waals surface area contributed by atoms with Gasteiger partial charge >= 0.3 is 6.61 Å². The van der Waals surface area contributed by atoms with Crippen LogP contribution < -0.4 is 9.88 Å². The number of nitrogens with two attached hydrogens (primary N) is 1. The Morgan fingerprint density at radius 3 is 2.62 bits per heavy atom. The molecule has 0 aliphatic carbocycles. The van der Waals surface area contributed by atoms with Gasteiger partial charge in [0, 0.05) is 6.42 Å². The van der Waals surface area contributed by atoms with Crippen molar-refractivity contribution in [3.63, 3.8) is 0 Å². The average Bonchev–Trinajstić information content (AvgIpc) is 2.37. The fourth-order valence-corrected chi connectivity index (χ4v) is 2.44. The van der Waals surface area contributed by atoms with Crippen LogP contribution in [-0.4, -0.2) is 21.9 Å². The molecule has 0 amide bonds. The molecule has 2 N–H and O–H groups in total. The lowest BCUT2D eigenvalue weighted by Gasteiger charge is -2.26. The van der Waals surface area contributed by atoms with E-state index in [1.807, 2.05) is 0 Å². The molecule has 1 rings (SSSR count). The molecule has 118 valence electrons. The molecule has 0 saturated heterocycles. The Bertz CT molecular complexity index is 509. The maximum absolute atomic E-state index is 12.2. The molecule has 1 unspecified atom stereocenters. The van der Waals surface area contributed by atoms with Gasteiger partial charge in [0.05, 0.1) is 15.7 Å². The van der Waals surface area contributed by atoms with Crippen LogP contribution in [0.25, 0.3) is 0 Å². The third kappa shape index (κ3) is 5.51. The molecular formula is C14H19F2NO3S. The summed E-state index contributed by atoms with van der Waals surface area (Å²) < 4.78 is 39.7. The Hall–Kier alpha value is -1.34. The first-order valence-electron chi connectivity index (χ1n) is 6.41. The zero-order valence-electron chi connectivity index (χ0n) is 11.9. The fourth-order valence-electron chi connectivity index (χ4n) is 2.07. The van der Waals surface area contributed by atoms with Gasteiger partial charge < -0.3 is 9.53 Å². The van der Waals surface area contributed by atoms with E-state index < -0.39 is 22.3 Å². The summed E-state index contributed by atoms with van der Waals surface area (Å²) in [7, 11) is -1.56. The third-order valence-electron chi connectivity index (χ3n) is 3.22. The number of hydrogen-bond acceptors (Lipinski definition) is 3. The number of carbonyl (C=O) groups excluding carboxylic acids is 1. The molecule has 0 bridgehead atoms. The number of benzene rings is 1. The summed E-state index contributed by atoms with van der Waals surface area (Å²) in [6, 6.07) is 6.19. The van der Waals surface area contributed by atoms with Crippen molar-refractivity contribution in [2.24, 2.45) is 5.14 Å². The van der Waals surface area contributed by atoms with Gasteiger partial charge in [0.15, 0.2) is 0 Å². The summed E-state index contributed by atoms with van der Waals surface area (Å²) in [6.07, 6.45) is 1.34. The maximum atomic E-state index is 12.2. The van der Waals surface area contributed by atoms with Crippen LogP contribution >= 0.6 is 0 Å². The summed E-state index contributed by atoms with van der Waals surface area (Å²) in [5.74, 6) is -0.226. The topological polar surface area (TPSA) is 69.4 Å². The molecule has 0 aliphatic rings. The molecule has 1 aromatic rings. The zero-order chi connectivity index (χ0) is 16.0. The molecule has 2 atom stereocenters. The standard InChI is InChI=1S/C14H19F2NO3S/c1-14(2,21(17)19)9-11(6-7-18)10-4-3-5-12(8-10)20-13(15)16/h3-5,7-8,11,13H,6,9,17H2,1-2H3/t11-,21?/m0/s1. The molecule has 4 nitrogen and oxygen atoms in total. The van der Waals surface area contributed by atoms with Crippen LogP contribution in [0.5, 0.6) is 5.75 Å². The minimum Gasteiger partial charge on any atom is -0.435 e. The number of carbonyl (C=O) groups is 1. The van der Waals surface area contributed by atoms with Crippen molar-refractivity contribution in [1.82, 2.24) is 0 Å². The molecule has 7 heteroatoms. The maximum Gasteiger partial charge on any atom is 0.387 e. The van der Waals surface area contributed by atoms with Gasteiger partial charge in [-0.2, -0.15) is 8.78 Å². The van der Waals surface area contributed by atoms with Crippen molar-refractivity contribution in [1.29, 1.82) is 0 Å². The van der Waals surface area contributed by atoms with E-state index >= 15 is 0 Å². The minimum atomic E-state index is -2.90. The Kier molecular flexibility index (Phi) is 6.42. The highest BCUT2D eigenvalue weighted by molar-refractivity contribution is 7.84. The lowest BCUT2D eigenvalue weighted by atomic mass is 9.87. The van der Waals surface area contributed by atoms with Crippen LogP contribution in [-0.2, 0) is 15.8 Å². The largest absolute Gasteiger partial charge is 0.435 e. The Balaban J connectivity index is 3.00. The Labute approximate surface area is 125 Å². The summed E-state index contributed by atoms with van der Waals surface area (Å²) in [5, 5.41) is 5.45. The van der Waals surface area contributed by atoms with Gasteiger partial charge in [0.25, 0.3) is 0 Å².